The molecule has 1 saturated heterocycles. The van der Waals surface area contributed by atoms with E-state index in [1.807, 2.05) is 0 Å². The zero-order valence-electron chi connectivity index (χ0n) is 9.95. The van der Waals surface area contributed by atoms with Gasteiger partial charge in [0.25, 0.3) is 5.91 Å². The van der Waals surface area contributed by atoms with Crippen LogP contribution in [0.4, 0.5) is 0 Å². The average molecular weight is 249 g/mol. The largest absolute Gasteiger partial charge is 0.369 e. The van der Waals surface area contributed by atoms with Crippen LogP contribution in [0.2, 0.25) is 0 Å². The maximum absolute atomic E-state index is 11.6. The SMILES string of the molecule is COC(C)(C)C(=O)NCC1CCCS1(=O)=O. The summed E-state index contributed by atoms with van der Waals surface area (Å²) >= 11 is 0. The molecule has 1 aliphatic heterocycles. The van der Waals surface area contributed by atoms with Crippen LogP contribution >= 0.6 is 0 Å². The summed E-state index contributed by atoms with van der Waals surface area (Å²) in [7, 11) is -1.54. The third kappa shape index (κ3) is 2.95. The van der Waals surface area contributed by atoms with Crippen LogP contribution in [0, 0.1) is 0 Å². The second kappa shape index (κ2) is 4.71. The smallest absolute Gasteiger partial charge is 0.251 e. The van der Waals surface area contributed by atoms with Gasteiger partial charge in [-0.15, -0.1) is 0 Å². The minimum Gasteiger partial charge on any atom is -0.369 e. The van der Waals surface area contributed by atoms with Crippen LogP contribution in [0.3, 0.4) is 0 Å². The number of carbonyl (C=O) groups excluding carboxylic acids is 1. The third-order valence-electron chi connectivity index (χ3n) is 3.01. The number of ether oxygens (including phenoxy) is 1. The van der Waals surface area contributed by atoms with Gasteiger partial charge in [-0.3, -0.25) is 4.79 Å². The zero-order valence-corrected chi connectivity index (χ0v) is 10.8. The van der Waals surface area contributed by atoms with Crippen molar-refractivity contribution in [1.82, 2.24) is 5.32 Å². The summed E-state index contributed by atoms with van der Waals surface area (Å²) in [5.41, 5.74) is -0.914. The highest BCUT2D eigenvalue weighted by Gasteiger charge is 2.33. The molecule has 1 fully saturated rings. The lowest BCUT2D eigenvalue weighted by Gasteiger charge is -2.22. The molecule has 1 atom stereocenters. The number of nitrogens with one attached hydrogen (secondary N) is 1. The summed E-state index contributed by atoms with van der Waals surface area (Å²) in [5.74, 6) is -0.0432. The fourth-order valence-corrected chi connectivity index (χ4v) is 3.36. The van der Waals surface area contributed by atoms with Crippen molar-refractivity contribution in [2.45, 2.75) is 37.5 Å². The Morgan fingerprint density at radius 1 is 1.50 bits per heavy atom. The molecule has 5 nitrogen and oxygen atoms in total. The minimum absolute atomic E-state index is 0.188. The summed E-state index contributed by atoms with van der Waals surface area (Å²) < 4.78 is 28.0. The van der Waals surface area contributed by atoms with Crippen LogP contribution in [0.15, 0.2) is 0 Å². The van der Waals surface area contributed by atoms with Crippen molar-refractivity contribution in [2.24, 2.45) is 0 Å². The lowest BCUT2D eigenvalue weighted by molar-refractivity contribution is -0.139. The van der Waals surface area contributed by atoms with Crippen molar-refractivity contribution in [2.75, 3.05) is 19.4 Å². The van der Waals surface area contributed by atoms with Gasteiger partial charge in [0.1, 0.15) is 5.60 Å². The number of hydrogen-bond donors (Lipinski definition) is 1. The monoisotopic (exact) mass is 249 g/mol. The Morgan fingerprint density at radius 3 is 2.56 bits per heavy atom. The molecule has 1 N–H and O–H groups in total. The van der Waals surface area contributed by atoms with E-state index in [9.17, 15) is 13.2 Å². The van der Waals surface area contributed by atoms with Crippen molar-refractivity contribution < 1.29 is 17.9 Å². The first-order valence-electron chi connectivity index (χ1n) is 5.34. The quantitative estimate of drug-likeness (QED) is 0.767. The molecule has 0 aromatic carbocycles. The van der Waals surface area contributed by atoms with Crippen molar-refractivity contribution in [3.05, 3.63) is 0 Å². The molecule has 6 heteroatoms. The van der Waals surface area contributed by atoms with Gasteiger partial charge in [-0.25, -0.2) is 8.42 Å². The topological polar surface area (TPSA) is 72.5 Å². The average Bonchev–Trinajstić information content (AvgIpc) is 2.54. The fraction of sp³-hybridized carbons (Fsp3) is 0.900. The molecule has 94 valence electrons. The maximum Gasteiger partial charge on any atom is 0.251 e. The molecule has 0 spiro atoms. The minimum atomic E-state index is -2.99. The van der Waals surface area contributed by atoms with Crippen LogP contribution < -0.4 is 5.32 Å². The van der Waals surface area contributed by atoms with E-state index >= 15 is 0 Å². The molecule has 1 aliphatic rings. The molecule has 1 rings (SSSR count). The van der Waals surface area contributed by atoms with E-state index in [0.29, 0.717) is 12.8 Å². The van der Waals surface area contributed by atoms with Crippen molar-refractivity contribution in [1.29, 1.82) is 0 Å². The summed E-state index contributed by atoms with van der Waals surface area (Å²) in [6.45, 7) is 3.48. The highest BCUT2D eigenvalue weighted by Crippen LogP contribution is 2.19. The van der Waals surface area contributed by atoms with Crippen LogP contribution in [-0.2, 0) is 19.4 Å². The highest BCUT2D eigenvalue weighted by molar-refractivity contribution is 7.92. The molecular weight excluding hydrogens is 230 g/mol. The van der Waals surface area contributed by atoms with Crippen LogP contribution in [0.5, 0.6) is 0 Å². The number of sulfone groups is 1. The second-order valence-corrected chi connectivity index (χ2v) is 6.96. The Labute approximate surface area is 96.5 Å². The number of methoxy groups -OCH3 is 1. The van der Waals surface area contributed by atoms with Gasteiger partial charge in [0.05, 0.1) is 11.0 Å². The summed E-state index contributed by atoms with van der Waals surface area (Å²) in [5, 5.41) is 2.20. The van der Waals surface area contributed by atoms with E-state index < -0.39 is 20.7 Å². The Balaban J connectivity index is 2.50. The maximum atomic E-state index is 11.6. The van der Waals surface area contributed by atoms with E-state index in [1.165, 1.54) is 7.11 Å². The van der Waals surface area contributed by atoms with E-state index in [0.717, 1.165) is 0 Å². The van der Waals surface area contributed by atoms with E-state index in [1.54, 1.807) is 13.8 Å². The molecule has 0 bridgehead atoms. The highest BCUT2D eigenvalue weighted by atomic mass is 32.2. The number of hydrogen-bond acceptors (Lipinski definition) is 4. The van der Waals surface area contributed by atoms with Crippen LogP contribution in [-0.4, -0.2) is 44.6 Å². The zero-order chi connectivity index (χ0) is 12.4. The van der Waals surface area contributed by atoms with Gasteiger partial charge >= 0.3 is 0 Å². The standard InChI is InChI=1S/C10H19NO4S/c1-10(2,15-3)9(12)11-7-8-5-4-6-16(8,13)14/h8H,4-7H2,1-3H3,(H,11,12). The van der Waals surface area contributed by atoms with Crippen LogP contribution in [0.25, 0.3) is 0 Å². The summed E-state index contributed by atoms with van der Waals surface area (Å²) in [6, 6.07) is 0. The van der Waals surface area contributed by atoms with Gasteiger partial charge in [-0.1, -0.05) is 0 Å². The lowest BCUT2D eigenvalue weighted by Crippen LogP contribution is -2.46. The Hall–Kier alpha value is -0.620. The van der Waals surface area contributed by atoms with Gasteiger partial charge < -0.3 is 10.1 Å². The first-order valence-corrected chi connectivity index (χ1v) is 7.06. The normalized spacial score (nSPS) is 24.3. The molecule has 1 unspecified atom stereocenters. The van der Waals surface area contributed by atoms with Gasteiger partial charge in [-0.2, -0.15) is 0 Å². The van der Waals surface area contributed by atoms with Crippen molar-refractivity contribution in [3.8, 4) is 0 Å². The first kappa shape index (κ1) is 13.4. The predicted molar refractivity (Wildman–Crippen MR) is 60.9 cm³/mol. The van der Waals surface area contributed by atoms with E-state index in [2.05, 4.69) is 5.32 Å². The number of rotatable bonds is 4. The molecule has 0 radical (unpaired) electrons. The fourth-order valence-electron chi connectivity index (χ4n) is 1.60. The Kier molecular flexibility index (Phi) is 3.96. The predicted octanol–water partition coefficient (Wildman–Crippen LogP) is 0.105. The molecule has 0 aromatic heterocycles. The summed E-state index contributed by atoms with van der Waals surface area (Å²) in [4.78, 5) is 11.6. The van der Waals surface area contributed by atoms with Crippen LogP contribution in [0.1, 0.15) is 26.7 Å². The van der Waals surface area contributed by atoms with Gasteiger partial charge in [0.15, 0.2) is 9.84 Å². The molecule has 0 saturated carbocycles. The molecule has 0 aliphatic carbocycles. The van der Waals surface area contributed by atoms with E-state index in [-0.39, 0.29) is 18.2 Å². The van der Waals surface area contributed by atoms with Crippen molar-refractivity contribution in [3.63, 3.8) is 0 Å². The van der Waals surface area contributed by atoms with Gasteiger partial charge in [0.2, 0.25) is 0 Å². The summed E-state index contributed by atoms with van der Waals surface area (Å²) in [6.07, 6.45) is 1.33. The first-order chi connectivity index (χ1) is 7.29. The van der Waals surface area contributed by atoms with Gasteiger partial charge in [-0.05, 0) is 26.7 Å². The molecule has 16 heavy (non-hydrogen) atoms. The molecule has 1 heterocycles. The Morgan fingerprint density at radius 2 is 2.12 bits per heavy atom. The molecule has 1 amide bonds. The number of amides is 1. The number of carbonyl (C=O) groups is 1. The Bertz CT molecular complexity index is 361. The van der Waals surface area contributed by atoms with E-state index in [4.69, 9.17) is 4.74 Å². The second-order valence-electron chi connectivity index (χ2n) is 4.56. The molecular formula is C10H19NO4S. The molecule has 0 aromatic rings. The lowest BCUT2D eigenvalue weighted by atomic mass is 10.1. The van der Waals surface area contributed by atoms with Crippen molar-refractivity contribution >= 4 is 15.7 Å². The third-order valence-corrected chi connectivity index (χ3v) is 5.29. The van der Waals surface area contributed by atoms with Gasteiger partial charge in [0, 0.05) is 13.7 Å².